The Kier molecular flexibility index (Phi) is 6.49. The first-order valence-corrected chi connectivity index (χ1v) is 8.98. The van der Waals surface area contributed by atoms with Crippen molar-refractivity contribution in [1.29, 1.82) is 0 Å². The summed E-state index contributed by atoms with van der Waals surface area (Å²) in [6.07, 6.45) is 10.0. The monoisotopic (exact) mass is 261 g/mol. The van der Waals surface area contributed by atoms with Crippen molar-refractivity contribution in [3.05, 3.63) is 0 Å². The van der Waals surface area contributed by atoms with Crippen LogP contribution in [0.15, 0.2) is 0 Å². The summed E-state index contributed by atoms with van der Waals surface area (Å²) in [5.74, 6) is 1.03. The Bertz CT molecular complexity index is 295. The summed E-state index contributed by atoms with van der Waals surface area (Å²) in [6.45, 7) is 3.04. The summed E-state index contributed by atoms with van der Waals surface area (Å²) >= 11 is 0. The zero-order valence-corrected chi connectivity index (χ0v) is 12.1. The van der Waals surface area contributed by atoms with Gasteiger partial charge in [0.25, 0.3) is 0 Å². The van der Waals surface area contributed by atoms with Crippen LogP contribution in [0.2, 0.25) is 0 Å². The molecule has 0 saturated heterocycles. The average molecular weight is 261 g/mol. The maximum Gasteiger partial charge on any atom is 0.148 e. The van der Waals surface area contributed by atoms with Crippen LogP contribution in [0.5, 0.6) is 0 Å². The van der Waals surface area contributed by atoms with Crippen LogP contribution in [-0.2, 0) is 9.84 Å². The lowest BCUT2D eigenvalue weighted by Crippen LogP contribution is -2.37. The van der Waals surface area contributed by atoms with Gasteiger partial charge in [-0.05, 0) is 25.3 Å². The molecule has 3 nitrogen and oxygen atoms in total. The molecule has 0 aromatic rings. The third-order valence-electron chi connectivity index (χ3n) is 3.53. The van der Waals surface area contributed by atoms with Crippen molar-refractivity contribution in [3.63, 3.8) is 0 Å². The van der Waals surface area contributed by atoms with Crippen LogP contribution in [0, 0.1) is 5.92 Å². The van der Waals surface area contributed by atoms with Crippen LogP contribution in [0.3, 0.4) is 0 Å². The summed E-state index contributed by atoms with van der Waals surface area (Å²) in [5.41, 5.74) is 0. The molecule has 17 heavy (non-hydrogen) atoms. The zero-order valence-electron chi connectivity index (χ0n) is 11.2. The smallest absolute Gasteiger partial charge is 0.148 e. The number of hydrogen-bond donors (Lipinski definition) is 1. The molecule has 1 aliphatic carbocycles. The van der Waals surface area contributed by atoms with Gasteiger partial charge in [-0.1, -0.05) is 39.0 Å². The van der Waals surface area contributed by atoms with E-state index in [9.17, 15) is 8.42 Å². The molecular weight excluding hydrogens is 234 g/mol. The largest absolute Gasteiger partial charge is 0.313 e. The number of hydrogen-bond acceptors (Lipinski definition) is 3. The van der Waals surface area contributed by atoms with Crippen molar-refractivity contribution in [1.82, 2.24) is 5.32 Å². The summed E-state index contributed by atoms with van der Waals surface area (Å²) in [5, 5.41) is 3.39. The Morgan fingerprint density at radius 2 is 1.88 bits per heavy atom. The molecule has 0 amide bonds. The minimum absolute atomic E-state index is 0.160. The number of nitrogens with one attached hydrogen (secondary N) is 1. The van der Waals surface area contributed by atoms with E-state index in [1.54, 1.807) is 0 Å². The molecule has 4 heteroatoms. The SMILES string of the molecule is CCCNC(CC1CCCCC1)CS(C)(=O)=O. The van der Waals surface area contributed by atoms with E-state index in [0.717, 1.165) is 25.3 Å². The first kappa shape index (κ1) is 15.0. The predicted octanol–water partition coefficient (Wildman–Crippen LogP) is 2.37. The van der Waals surface area contributed by atoms with Crippen molar-refractivity contribution < 1.29 is 8.42 Å². The first-order valence-electron chi connectivity index (χ1n) is 6.92. The number of sulfone groups is 1. The van der Waals surface area contributed by atoms with Gasteiger partial charge < -0.3 is 5.32 Å². The summed E-state index contributed by atoms with van der Waals surface area (Å²) in [6, 6.07) is 0.160. The minimum atomic E-state index is -2.87. The van der Waals surface area contributed by atoms with Crippen molar-refractivity contribution in [2.24, 2.45) is 5.92 Å². The van der Waals surface area contributed by atoms with Crippen molar-refractivity contribution in [2.45, 2.75) is 57.9 Å². The highest BCUT2D eigenvalue weighted by atomic mass is 32.2. The van der Waals surface area contributed by atoms with Gasteiger partial charge in [0.1, 0.15) is 9.84 Å². The average Bonchev–Trinajstić information content (AvgIpc) is 2.25. The molecule has 0 radical (unpaired) electrons. The molecule has 1 saturated carbocycles. The van der Waals surface area contributed by atoms with E-state index in [1.165, 1.54) is 38.4 Å². The Morgan fingerprint density at radius 1 is 1.24 bits per heavy atom. The van der Waals surface area contributed by atoms with Gasteiger partial charge in [0.05, 0.1) is 5.75 Å². The Morgan fingerprint density at radius 3 is 2.41 bits per heavy atom. The van der Waals surface area contributed by atoms with Crippen LogP contribution in [0.4, 0.5) is 0 Å². The fourth-order valence-corrected chi connectivity index (χ4v) is 3.73. The summed E-state index contributed by atoms with van der Waals surface area (Å²) in [4.78, 5) is 0. The Balaban J connectivity index is 2.43. The molecule has 0 aromatic carbocycles. The van der Waals surface area contributed by atoms with E-state index in [-0.39, 0.29) is 6.04 Å². The molecular formula is C13H27NO2S. The maximum atomic E-state index is 11.4. The van der Waals surface area contributed by atoms with E-state index in [1.807, 2.05) is 0 Å². The van der Waals surface area contributed by atoms with Crippen LogP contribution in [0.1, 0.15) is 51.9 Å². The third kappa shape index (κ3) is 7.04. The lowest BCUT2D eigenvalue weighted by Gasteiger charge is -2.26. The van der Waals surface area contributed by atoms with Gasteiger partial charge in [0.2, 0.25) is 0 Å². The highest BCUT2D eigenvalue weighted by Crippen LogP contribution is 2.27. The third-order valence-corrected chi connectivity index (χ3v) is 4.54. The molecule has 0 bridgehead atoms. The fraction of sp³-hybridized carbons (Fsp3) is 1.00. The standard InChI is InChI=1S/C13H27NO2S/c1-3-9-14-13(11-17(2,15)16)10-12-7-5-4-6-8-12/h12-14H,3-11H2,1-2H3. The second-order valence-corrected chi connectivity index (χ2v) is 7.67. The first-order chi connectivity index (χ1) is 8.01. The lowest BCUT2D eigenvalue weighted by molar-refractivity contribution is 0.306. The van der Waals surface area contributed by atoms with Crippen molar-refractivity contribution in [2.75, 3.05) is 18.6 Å². The van der Waals surface area contributed by atoms with Crippen LogP contribution in [-0.4, -0.2) is 33.0 Å². The van der Waals surface area contributed by atoms with Crippen molar-refractivity contribution in [3.8, 4) is 0 Å². The van der Waals surface area contributed by atoms with E-state index in [0.29, 0.717) is 5.75 Å². The second-order valence-electron chi connectivity index (χ2n) is 5.48. The van der Waals surface area contributed by atoms with Gasteiger partial charge in [-0.15, -0.1) is 0 Å². The molecule has 1 atom stereocenters. The predicted molar refractivity (Wildman–Crippen MR) is 73.0 cm³/mol. The molecule has 0 aromatic heterocycles. The molecule has 1 unspecified atom stereocenters. The van der Waals surface area contributed by atoms with Gasteiger partial charge in [-0.3, -0.25) is 0 Å². The normalized spacial score (nSPS) is 20.4. The highest BCUT2D eigenvalue weighted by molar-refractivity contribution is 7.90. The van der Waals surface area contributed by atoms with Gasteiger partial charge in [0, 0.05) is 12.3 Å². The molecule has 1 fully saturated rings. The van der Waals surface area contributed by atoms with Crippen LogP contribution in [0.25, 0.3) is 0 Å². The lowest BCUT2D eigenvalue weighted by atomic mass is 9.85. The summed E-state index contributed by atoms with van der Waals surface area (Å²) in [7, 11) is -2.87. The molecule has 0 spiro atoms. The molecule has 1 rings (SSSR count). The Labute approximate surface area is 106 Å². The van der Waals surface area contributed by atoms with Gasteiger partial charge >= 0.3 is 0 Å². The van der Waals surface area contributed by atoms with E-state index >= 15 is 0 Å². The van der Waals surface area contributed by atoms with E-state index in [4.69, 9.17) is 0 Å². The van der Waals surface area contributed by atoms with Gasteiger partial charge in [-0.25, -0.2) is 8.42 Å². The molecule has 0 heterocycles. The second kappa shape index (κ2) is 7.37. The van der Waals surface area contributed by atoms with Crippen LogP contribution < -0.4 is 5.32 Å². The minimum Gasteiger partial charge on any atom is -0.313 e. The van der Waals surface area contributed by atoms with Gasteiger partial charge in [0.15, 0.2) is 0 Å². The van der Waals surface area contributed by atoms with Crippen molar-refractivity contribution >= 4 is 9.84 Å². The van der Waals surface area contributed by atoms with Crippen LogP contribution >= 0.6 is 0 Å². The maximum absolute atomic E-state index is 11.4. The zero-order chi connectivity index (χ0) is 12.7. The molecule has 1 N–H and O–H groups in total. The molecule has 0 aliphatic heterocycles. The number of rotatable bonds is 7. The fourth-order valence-electron chi connectivity index (χ4n) is 2.75. The summed E-state index contributed by atoms with van der Waals surface area (Å²) < 4.78 is 22.8. The molecule has 102 valence electrons. The molecule has 1 aliphatic rings. The van der Waals surface area contributed by atoms with Gasteiger partial charge in [-0.2, -0.15) is 0 Å². The quantitative estimate of drug-likeness (QED) is 0.765. The topological polar surface area (TPSA) is 46.2 Å². The van der Waals surface area contributed by atoms with E-state index < -0.39 is 9.84 Å². The van der Waals surface area contributed by atoms with E-state index in [2.05, 4.69) is 12.2 Å². The Hall–Kier alpha value is -0.0900. The highest BCUT2D eigenvalue weighted by Gasteiger charge is 2.21.